The number of anilines is 1. The topological polar surface area (TPSA) is 105 Å². The van der Waals surface area contributed by atoms with Gasteiger partial charge < -0.3 is 19.7 Å². The molecule has 0 unspecified atom stereocenters. The number of methoxy groups -OCH3 is 2. The van der Waals surface area contributed by atoms with Crippen LogP contribution >= 0.6 is 15.9 Å². The zero-order valence-electron chi connectivity index (χ0n) is 24.0. The molecule has 0 aliphatic carbocycles. The number of hydrogen-bond donors (Lipinski definition) is 1. The Hall–Kier alpha value is -3.57. The van der Waals surface area contributed by atoms with E-state index in [1.54, 1.807) is 37.3 Å². The lowest BCUT2D eigenvalue weighted by Gasteiger charge is -2.33. The summed E-state index contributed by atoms with van der Waals surface area (Å²) in [7, 11) is -1.37. The maximum absolute atomic E-state index is 14.1. The lowest BCUT2D eigenvalue weighted by molar-refractivity contribution is -0.140. The van der Waals surface area contributed by atoms with E-state index in [4.69, 9.17) is 9.47 Å². The molecular weight excluding hydrogens is 610 g/mol. The average molecular weight is 647 g/mol. The molecule has 9 nitrogen and oxygen atoms in total. The van der Waals surface area contributed by atoms with Crippen molar-refractivity contribution in [3.05, 3.63) is 82.8 Å². The molecule has 0 bridgehead atoms. The van der Waals surface area contributed by atoms with Crippen molar-refractivity contribution < 1.29 is 27.5 Å². The van der Waals surface area contributed by atoms with Crippen molar-refractivity contribution in [1.82, 2.24) is 10.2 Å². The Morgan fingerprint density at radius 3 is 2.15 bits per heavy atom. The minimum atomic E-state index is -4.25. The molecule has 0 aliphatic rings. The minimum absolute atomic E-state index is 0.00402. The second-order valence-electron chi connectivity index (χ2n) is 10.4. The number of halogens is 1. The number of ether oxygens (including phenoxy) is 2. The molecule has 11 heteroatoms. The second kappa shape index (κ2) is 13.4. The summed E-state index contributed by atoms with van der Waals surface area (Å²) in [5, 5.41) is 2.91. The molecule has 0 saturated heterocycles. The molecular formula is C30H36BrN3O6S. The maximum atomic E-state index is 14.1. The van der Waals surface area contributed by atoms with E-state index in [0.29, 0.717) is 5.75 Å². The number of carbonyl (C=O) groups is 2. The molecule has 1 atom stereocenters. The number of sulfonamides is 1. The van der Waals surface area contributed by atoms with Crippen LogP contribution in [-0.4, -0.2) is 57.5 Å². The lowest BCUT2D eigenvalue weighted by Crippen LogP contribution is -2.54. The SMILES string of the molecule is COc1ccc(OC)c(N(CC(=O)N(Cc2ccc(Br)cc2)[C@H](C)C(=O)NC(C)(C)C)S(=O)(=O)c2ccccc2)c1. The first-order valence-electron chi connectivity index (χ1n) is 12.9. The fourth-order valence-corrected chi connectivity index (χ4v) is 5.77. The van der Waals surface area contributed by atoms with Crippen LogP contribution in [0, 0.1) is 0 Å². The van der Waals surface area contributed by atoms with E-state index in [1.165, 1.54) is 37.3 Å². The van der Waals surface area contributed by atoms with Gasteiger partial charge in [-0.2, -0.15) is 0 Å². The first-order chi connectivity index (χ1) is 19.3. The summed E-state index contributed by atoms with van der Waals surface area (Å²) in [6.45, 7) is 6.66. The number of carbonyl (C=O) groups excluding carboxylic acids is 2. The van der Waals surface area contributed by atoms with Gasteiger partial charge in [0, 0.05) is 22.6 Å². The molecule has 220 valence electrons. The van der Waals surface area contributed by atoms with Gasteiger partial charge in [-0.15, -0.1) is 0 Å². The number of hydrogen-bond acceptors (Lipinski definition) is 6. The minimum Gasteiger partial charge on any atom is -0.497 e. The Kier molecular flexibility index (Phi) is 10.4. The standard InChI is InChI=1S/C30H36BrN3O6S/c1-21(29(36)32-30(2,3)4)33(19-22-12-14-23(31)15-13-22)28(35)20-34(41(37,38)25-10-8-7-9-11-25)26-18-24(39-5)16-17-27(26)40-6/h7-18,21H,19-20H2,1-6H3,(H,32,36)/t21-/m1/s1. The highest BCUT2D eigenvalue weighted by atomic mass is 79.9. The average Bonchev–Trinajstić information content (AvgIpc) is 2.94. The lowest BCUT2D eigenvalue weighted by atomic mass is 10.1. The van der Waals surface area contributed by atoms with Crippen LogP contribution in [0.2, 0.25) is 0 Å². The maximum Gasteiger partial charge on any atom is 0.264 e. The van der Waals surface area contributed by atoms with Gasteiger partial charge in [-0.1, -0.05) is 46.3 Å². The van der Waals surface area contributed by atoms with Crippen LogP contribution < -0.4 is 19.1 Å². The van der Waals surface area contributed by atoms with Crippen molar-refractivity contribution in [2.75, 3.05) is 25.1 Å². The summed E-state index contributed by atoms with van der Waals surface area (Å²) < 4.78 is 40.7. The number of amides is 2. The molecule has 0 saturated carbocycles. The molecule has 0 fully saturated rings. The van der Waals surface area contributed by atoms with Crippen LogP contribution in [0.1, 0.15) is 33.3 Å². The highest BCUT2D eigenvalue weighted by molar-refractivity contribution is 9.10. The first kappa shape index (κ1) is 32.0. The number of rotatable bonds is 11. The van der Waals surface area contributed by atoms with E-state index in [0.717, 1.165) is 14.3 Å². The van der Waals surface area contributed by atoms with Gasteiger partial charge in [0.05, 0.1) is 24.8 Å². The highest BCUT2D eigenvalue weighted by Gasteiger charge is 2.34. The van der Waals surface area contributed by atoms with Gasteiger partial charge in [0.15, 0.2) is 0 Å². The van der Waals surface area contributed by atoms with Crippen molar-refractivity contribution in [2.45, 2.75) is 50.7 Å². The molecule has 3 rings (SSSR count). The van der Waals surface area contributed by atoms with Gasteiger partial charge in [-0.05, 0) is 69.7 Å². The summed E-state index contributed by atoms with van der Waals surface area (Å²) >= 11 is 3.41. The predicted molar refractivity (Wildman–Crippen MR) is 163 cm³/mol. The van der Waals surface area contributed by atoms with Crippen LogP contribution in [-0.2, 0) is 26.2 Å². The third kappa shape index (κ3) is 8.23. The van der Waals surface area contributed by atoms with Gasteiger partial charge >= 0.3 is 0 Å². The molecule has 0 aromatic heterocycles. The summed E-state index contributed by atoms with van der Waals surface area (Å²) in [5.41, 5.74) is 0.363. The largest absolute Gasteiger partial charge is 0.497 e. The van der Waals surface area contributed by atoms with E-state index in [2.05, 4.69) is 21.2 Å². The van der Waals surface area contributed by atoms with Crippen LogP contribution in [0.3, 0.4) is 0 Å². The van der Waals surface area contributed by atoms with Gasteiger partial charge in [-0.25, -0.2) is 8.42 Å². The normalized spacial score (nSPS) is 12.3. The quantitative estimate of drug-likeness (QED) is 0.315. The molecule has 1 N–H and O–H groups in total. The van der Waals surface area contributed by atoms with E-state index < -0.39 is 34.1 Å². The van der Waals surface area contributed by atoms with Crippen LogP contribution in [0.25, 0.3) is 0 Å². The van der Waals surface area contributed by atoms with E-state index >= 15 is 0 Å². The molecule has 0 heterocycles. The van der Waals surface area contributed by atoms with Crippen LogP contribution in [0.5, 0.6) is 11.5 Å². The third-order valence-electron chi connectivity index (χ3n) is 6.20. The van der Waals surface area contributed by atoms with Crippen molar-refractivity contribution >= 4 is 43.5 Å². The monoisotopic (exact) mass is 645 g/mol. The summed E-state index contributed by atoms with van der Waals surface area (Å²) in [5.74, 6) is -0.324. The van der Waals surface area contributed by atoms with Crippen molar-refractivity contribution in [1.29, 1.82) is 0 Å². The van der Waals surface area contributed by atoms with Gasteiger partial charge in [-0.3, -0.25) is 13.9 Å². The zero-order valence-corrected chi connectivity index (χ0v) is 26.5. The molecule has 3 aromatic rings. The van der Waals surface area contributed by atoms with Gasteiger partial charge in [0.2, 0.25) is 11.8 Å². The Morgan fingerprint density at radius 2 is 1.59 bits per heavy atom. The van der Waals surface area contributed by atoms with Crippen molar-refractivity contribution in [3.63, 3.8) is 0 Å². The third-order valence-corrected chi connectivity index (χ3v) is 8.50. The molecule has 2 amide bonds. The van der Waals surface area contributed by atoms with Crippen molar-refractivity contribution in [2.24, 2.45) is 0 Å². The molecule has 0 spiro atoms. The fraction of sp³-hybridized carbons (Fsp3) is 0.333. The summed E-state index contributed by atoms with van der Waals surface area (Å²) in [4.78, 5) is 28.7. The van der Waals surface area contributed by atoms with Crippen molar-refractivity contribution in [3.8, 4) is 11.5 Å². The summed E-state index contributed by atoms with van der Waals surface area (Å²) in [6, 6.07) is 19.0. The fourth-order valence-electron chi connectivity index (χ4n) is 4.07. The number of benzene rings is 3. The first-order valence-corrected chi connectivity index (χ1v) is 15.2. The highest BCUT2D eigenvalue weighted by Crippen LogP contribution is 2.36. The Balaban J connectivity index is 2.11. The Bertz CT molecular complexity index is 1460. The number of nitrogens with zero attached hydrogens (tertiary/aromatic N) is 2. The van der Waals surface area contributed by atoms with Crippen LogP contribution in [0.4, 0.5) is 5.69 Å². The number of nitrogens with one attached hydrogen (secondary N) is 1. The smallest absolute Gasteiger partial charge is 0.264 e. The Morgan fingerprint density at radius 1 is 0.951 bits per heavy atom. The molecule has 41 heavy (non-hydrogen) atoms. The molecule has 0 radical (unpaired) electrons. The molecule has 0 aliphatic heterocycles. The van der Waals surface area contributed by atoms with Gasteiger partial charge in [0.25, 0.3) is 10.0 Å². The van der Waals surface area contributed by atoms with E-state index in [-0.39, 0.29) is 28.8 Å². The zero-order chi connectivity index (χ0) is 30.4. The predicted octanol–water partition coefficient (Wildman–Crippen LogP) is 4.99. The molecule has 3 aromatic carbocycles. The van der Waals surface area contributed by atoms with Crippen LogP contribution in [0.15, 0.2) is 82.2 Å². The second-order valence-corrected chi connectivity index (χ2v) is 13.2. The Labute approximate surface area is 250 Å². The summed E-state index contributed by atoms with van der Waals surface area (Å²) in [6.07, 6.45) is 0. The van der Waals surface area contributed by atoms with Gasteiger partial charge in [0.1, 0.15) is 24.1 Å². The van der Waals surface area contributed by atoms with E-state index in [9.17, 15) is 18.0 Å². The van der Waals surface area contributed by atoms with E-state index in [1.807, 2.05) is 45.0 Å².